The van der Waals surface area contributed by atoms with E-state index in [9.17, 15) is 24.6 Å². The highest BCUT2D eigenvalue weighted by atomic mass is 32.2. The minimum Gasteiger partial charge on any atom is -0.456 e. The second-order valence-electron chi connectivity index (χ2n) is 16.2. The number of aliphatic hydroxyl groups is 2. The number of benzene rings is 2. The van der Waals surface area contributed by atoms with Gasteiger partial charge in [-0.25, -0.2) is 4.79 Å². The van der Waals surface area contributed by atoms with Gasteiger partial charge in [-0.3, -0.25) is 14.4 Å². The molecule has 0 spiro atoms. The van der Waals surface area contributed by atoms with Crippen molar-refractivity contribution in [3.05, 3.63) is 82.9 Å². The molecule has 2 aromatic carbocycles. The third-order valence-electron chi connectivity index (χ3n) is 13.0. The van der Waals surface area contributed by atoms with Gasteiger partial charge in [-0.1, -0.05) is 69.3 Å². The molecule has 3 fully saturated rings. The lowest BCUT2D eigenvalue weighted by Gasteiger charge is -2.67. The molecule has 12 nitrogen and oxygen atoms in total. The maximum atomic E-state index is 15.3. The Bertz CT molecular complexity index is 1820. The van der Waals surface area contributed by atoms with E-state index in [-0.39, 0.29) is 25.4 Å². The lowest BCUT2D eigenvalue weighted by Crippen LogP contribution is -2.79. The fourth-order valence-electron chi connectivity index (χ4n) is 10.1. The Labute approximate surface area is 326 Å². The number of hydrogen-bond acceptors (Lipinski definition) is 12. The molecule has 0 aromatic heterocycles. The summed E-state index contributed by atoms with van der Waals surface area (Å²) < 4.78 is 30.2. The van der Waals surface area contributed by atoms with E-state index in [1.807, 2.05) is 19.2 Å². The fraction of sp³-hybridized carbons (Fsp3) is 0.571. The number of Topliss-reactive ketones (excluding diaryl/α,β-unsaturated/α-hetero) is 1. The summed E-state index contributed by atoms with van der Waals surface area (Å²) in [5.41, 5.74) is -4.16. The number of esters is 2. The normalized spacial score (nSPS) is 34.8. The van der Waals surface area contributed by atoms with Crippen LogP contribution in [0.1, 0.15) is 76.3 Å². The van der Waals surface area contributed by atoms with E-state index in [4.69, 9.17) is 23.7 Å². The maximum absolute atomic E-state index is 15.3. The molecule has 4 aliphatic rings. The molecule has 2 aromatic rings. The van der Waals surface area contributed by atoms with Gasteiger partial charge in [0.05, 0.1) is 41.8 Å². The van der Waals surface area contributed by atoms with Crippen molar-refractivity contribution < 1.29 is 53.1 Å². The number of amides is 1. The molecular weight excluding hydrogens is 727 g/mol. The van der Waals surface area contributed by atoms with E-state index in [1.54, 1.807) is 82.3 Å². The molecule has 298 valence electrons. The van der Waals surface area contributed by atoms with Gasteiger partial charge in [-0.2, -0.15) is 0 Å². The number of ketones is 1. The van der Waals surface area contributed by atoms with Crippen molar-refractivity contribution in [2.45, 2.75) is 102 Å². The topological polar surface area (TPSA) is 167 Å². The average molecular weight is 780 g/mol. The van der Waals surface area contributed by atoms with Crippen LogP contribution in [-0.4, -0.2) is 101 Å². The van der Waals surface area contributed by atoms with Crippen LogP contribution in [0.5, 0.6) is 0 Å². The van der Waals surface area contributed by atoms with Gasteiger partial charge >= 0.3 is 11.9 Å². The lowest BCUT2D eigenvalue weighted by molar-refractivity contribution is -0.338. The Morgan fingerprint density at radius 1 is 1.02 bits per heavy atom. The van der Waals surface area contributed by atoms with Gasteiger partial charge in [0.1, 0.15) is 11.7 Å². The van der Waals surface area contributed by atoms with E-state index in [0.717, 1.165) is 0 Å². The standard InChI is InChI=1S/C42H53NO11S/c1-23-28(54-38(47)34(50-7)32(26-15-11-9-12-16-26)43-37(46)27-17-13-10-14-18-27)20-42(49)24(2)35-40(6,29(52-22-55-8)19-30-41(35,48)21-51-30)36(45)33(53-25(3)44)31(23)39(42,4)5/h9-18,24,28-30,32-35,48-49H,19-22H2,1-8H3,(H,43,46)/t24?,28?,29?,30?,32?,33?,34?,35?,40-,41+,42?/m1/s1. The van der Waals surface area contributed by atoms with E-state index in [0.29, 0.717) is 22.3 Å². The van der Waals surface area contributed by atoms with Crippen LogP contribution < -0.4 is 5.32 Å². The van der Waals surface area contributed by atoms with E-state index in [2.05, 4.69) is 5.32 Å². The van der Waals surface area contributed by atoms with Crippen LogP contribution >= 0.6 is 11.8 Å². The van der Waals surface area contributed by atoms with Crippen molar-refractivity contribution in [3.63, 3.8) is 0 Å². The zero-order valence-electron chi connectivity index (χ0n) is 32.7. The quantitative estimate of drug-likeness (QED) is 0.166. The highest BCUT2D eigenvalue weighted by molar-refractivity contribution is 7.98. The van der Waals surface area contributed by atoms with Crippen molar-refractivity contribution in [1.82, 2.24) is 5.32 Å². The van der Waals surface area contributed by atoms with Crippen molar-refractivity contribution in [2.75, 3.05) is 25.9 Å². The number of nitrogens with one attached hydrogen (secondary N) is 1. The molecule has 11 atom stereocenters. The fourth-order valence-corrected chi connectivity index (χ4v) is 10.4. The second-order valence-corrected chi connectivity index (χ2v) is 17.0. The van der Waals surface area contributed by atoms with Crippen LogP contribution in [0.25, 0.3) is 0 Å². The molecule has 9 unspecified atom stereocenters. The number of rotatable bonds is 11. The van der Waals surface area contributed by atoms with Crippen LogP contribution in [0.4, 0.5) is 0 Å². The van der Waals surface area contributed by atoms with Gasteiger partial charge in [0.2, 0.25) is 0 Å². The molecular formula is C42H53NO11S. The highest BCUT2D eigenvalue weighted by Gasteiger charge is 2.75. The first-order chi connectivity index (χ1) is 26.0. The first kappa shape index (κ1) is 41.1. The minimum atomic E-state index is -1.74. The van der Waals surface area contributed by atoms with Crippen LogP contribution in [0.2, 0.25) is 0 Å². The van der Waals surface area contributed by atoms with Crippen LogP contribution in [-0.2, 0) is 38.1 Å². The predicted octanol–water partition coefficient (Wildman–Crippen LogP) is 4.57. The SMILES string of the molecule is COC(C(=O)OC1CC2(O)C(C)C3[C@]4(O)COC4CC(OCSC)[C@@]3(C)C(=O)C(OC(C)=O)C(=C1C)C2(C)C)C(NC(=O)c1ccccc1)c1ccccc1. The second kappa shape index (κ2) is 15.4. The Kier molecular flexibility index (Phi) is 11.5. The molecule has 1 amide bonds. The molecule has 1 heterocycles. The van der Waals surface area contributed by atoms with Gasteiger partial charge in [0.15, 0.2) is 18.0 Å². The van der Waals surface area contributed by atoms with Crippen molar-refractivity contribution in [1.29, 1.82) is 0 Å². The number of fused-ring (bicyclic) bond motifs is 5. The molecule has 55 heavy (non-hydrogen) atoms. The summed E-state index contributed by atoms with van der Waals surface area (Å²) in [5.74, 6) is -3.88. The number of ether oxygens (including phenoxy) is 5. The summed E-state index contributed by atoms with van der Waals surface area (Å²) in [7, 11) is 1.35. The summed E-state index contributed by atoms with van der Waals surface area (Å²) in [5, 5.41) is 28.6. The number of carbonyl (C=O) groups excluding carboxylic acids is 4. The number of hydrogen-bond donors (Lipinski definition) is 3. The Morgan fingerprint density at radius 3 is 2.22 bits per heavy atom. The monoisotopic (exact) mass is 779 g/mol. The summed E-state index contributed by atoms with van der Waals surface area (Å²) in [4.78, 5) is 56.1. The largest absolute Gasteiger partial charge is 0.456 e. The van der Waals surface area contributed by atoms with Crippen LogP contribution in [0.15, 0.2) is 71.8 Å². The van der Waals surface area contributed by atoms with E-state index >= 15 is 4.79 Å². The maximum Gasteiger partial charge on any atom is 0.338 e. The molecule has 13 heteroatoms. The van der Waals surface area contributed by atoms with E-state index < -0.39 is 94.1 Å². The number of thioether (sulfide) groups is 1. The predicted molar refractivity (Wildman–Crippen MR) is 204 cm³/mol. The smallest absolute Gasteiger partial charge is 0.338 e. The van der Waals surface area contributed by atoms with Crippen LogP contribution in [0.3, 0.4) is 0 Å². The molecule has 0 radical (unpaired) electrons. The third-order valence-corrected chi connectivity index (χ3v) is 13.4. The van der Waals surface area contributed by atoms with Crippen molar-refractivity contribution >= 4 is 35.4 Å². The summed E-state index contributed by atoms with van der Waals surface area (Å²) in [6.07, 6.45) is -3.34. The molecule has 1 aliphatic heterocycles. The third kappa shape index (κ3) is 6.74. The number of methoxy groups -OCH3 is 1. The van der Waals surface area contributed by atoms with Gasteiger partial charge in [0, 0.05) is 43.8 Å². The summed E-state index contributed by atoms with van der Waals surface area (Å²) >= 11 is 1.44. The van der Waals surface area contributed by atoms with E-state index in [1.165, 1.54) is 25.8 Å². The zero-order valence-corrected chi connectivity index (χ0v) is 33.5. The van der Waals surface area contributed by atoms with Crippen molar-refractivity contribution in [3.8, 4) is 0 Å². The molecule has 3 aliphatic carbocycles. The molecule has 3 N–H and O–H groups in total. The lowest BCUT2D eigenvalue weighted by atomic mass is 9.42. The molecule has 2 saturated carbocycles. The van der Waals surface area contributed by atoms with Crippen molar-refractivity contribution in [2.24, 2.45) is 22.7 Å². The molecule has 1 saturated heterocycles. The Morgan fingerprint density at radius 2 is 1.65 bits per heavy atom. The van der Waals surface area contributed by atoms with Gasteiger partial charge in [-0.05, 0) is 54.9 Å². The minimum absolute atomic E-state index is 0.0508. The van der Waals surface area contributed by atoms with Gasteiger partial charge in [0.25, 0.3) is 5.91 Å². The highest BCUT2D eigenvalue weighted by Crippen LogP contribution is 2.65. The first-order valence-corrected chi connectivity index (χ1v) is 20.1. The van der Waals surface area contributed by atoms with Gasteiger partial charge in [-0.15, -0.1) is 11.8 Å². The van der Waals surface area contributed by atoms with Gasteiger partial charge < -0.3 is 39.2 Å². The van der Waals surface area contributed by atoms with Crippen LogP contribution in [0, 0.1) is 22.7 Å². The molecule has 2 bridgehead atoms. The first-order valence-electron chi connectivity index (χ1n) is 18.7. The number of carbonyl (C=O) groups is 4. The average Bonchev–Trinajstić information content (AvgIpc) is 3.15. The Balaban J connectivity index is 1.45. The zero-order chi connectivity index (χ0) is 40.1. The summed E-state index contributed by atoms with van der Waals surface area (Å²) in [6, 6.07) is 16.5. The summed E-state index contributed by atoms with van der Waals surface area (Å²) in [6.45, 7) is 10.0. The molecule has 6 rings (SSSR count). The Hall–Kier alpha value is -3.59.